The van der Waals surface area contributed by atoms with Gasteiger partial charge in [-0.2, -0.15) is 0 Å². The van der Waals surface area contributed by atoms with Crippen LogP contribution in [0.1, 0.15) is 26.2 Å². The Morgan fingerprint density at radius 1 is 1.20 bits per heavy atom. The van der Waals surface area contributed by atoms with E-state index in [-0.39, 0.29) is 0 Å². The van der Waals surface area contributed by atoms with Crippen LogP contribution in [0.2, 0.25) is 0 Å². The summed E-state index contributed by atoms with van der Waals surface area (Å²) in [5.74, 6) is 2.88. The molecule has 0 radical (unpaired) electrons. The Hall–Kier alpha value is -0.0400. The van der Waals surface area contributed by atoms with Crippen molar-refractivity contribution in [3.8, 4) is 0 Å². The summed E-state index contributed by atoms with van der Waals surface area (Å²) in [5.41, 5.74) is 0. The summed E-state index contributed by atoms with van der Waals surface area (Å²) in [6.07, 6.45) is 4.23. The van der Waals surface area contributed by atoms with E-state index >= 15 is 0 Å². The van der Waals surface area contributed by atoms with Gasteiger partial charge in [-0.05, 0) is 37.0 Å². The molecule has 1 saturated carbocycles. The molecular formula is C9H16O. The maximum absolute atomic E-state index is 5.45. The van der Waals surface area contributed by atoms with Crippen molar-refractivity contribution in [3.05, 3.63) is 0 Å². The summed E-state index contributed by atoms with van der Waals surface area (Å²) in [7, 11) is 0. The number of rotatable bonds is 1. The Balaban J connectivity index is 1.90. The van der Waals surface area contributed by atoms with Crippen LogP contribution in [0.25, 0.3) is 0 Å². The molecule has 10 heavy (non-hydrogen) atoms. The average molecular weight is 140 g/mol. The van der Waals surface area contributed by atoms with Gasteiger partial charge in [0.05, 0.1) is 0 Å². The zero-order valence-corrected chi connectivity index (χ0v) is 6.68. The lowest BCUT2D eigenvalue weighted by molar-refractivity contribution is 0.0137. The number of hydrogen-bond donors (Lipinski definition) is 0. The van der Waals surface area contributed by atoms with Crippen molar-refractivity contribution < 1.29 is 4.74 Å². The van der Waals surface area contributed by atoms with E-state index in [4.69, 9.17) is 4.74 Å². The summed E-state index contributed by atoms with van der Waals surface area (Å²) in [4.78, 5) is 0. The molecule has 0 bridgehead atoms. The smallest absolute Gasteiger partial charge is 0.0499 e. The molecule has 0 spiro atoms. The molecule has 2 atom stereocenters. The molecular weight excluding hydrogens is 124 g/mol. The minimum absolute atomic E-state index is 0.911. The fourth-order valence-electron chi connectivity index (χ4n) is 1.99. The third-order valence-electron chi connectivity index (χ3n) is 2.99. The molecule has 2 unspecified atom stereocenters. The van der Waals surface area contributed by atoms with Crippen LogP contribution in [0, 0.1) is 17.8 Å². The van der Waals surface area contributed by atoms with Crippen LogP contribution in [0.3, 0.4) is 0 Å². The summed E-state index contributed by atoms with van der Waals surface area (Å²) < 4.78 is 5.45. The fraction of sp³-hybridized carbons (Fsp3) is 1.00. The van der Waals surface area contributed by atoms with Crippen LogP contribution in [0.5, 0.6) is 0 Å². The molecule has 1 nitrogen and oxygen atoms in total. The van der Waals surface area contributed by atoms with E-state index in [0.29, 0.717) is 0 Å². The van der Waals surface area contributed by atoms with Gasteiger partial charge >= 0.3 is 0 Å². The van der Waals surface area contributed by atoms with Crippen LogP contribution in [-0.4, -0.2) is 13.2 Å². The second-order valence-electron chi connectivity index (χ2n) is 3.84. The fourth-order valence-corrected chi connectivity index (χ4v) is 1.99. The molecule has 1 aliphatic heterocycles. The Bertz CT molecular complexity index is 118. The average Bonchev–Trinajstić information content (AvgIpc) is 2.71. The van der Waals surface area contributed by atoms with Crippen molar-refractivity contribution in [2.75, 3.05) is 13.2 Å². The zero-order valence-electron chi connectivity index (χ0n) is 6.68. The van der Waals surface area contributed by atoms with Crippen molar-refractivity contribution in [2.45, 2.75) is 26.2 Å². The second kappa shape index (κ2) is 2.54. The van der Waals surface area contributed by atoms with Crippen LogP contribution < -0.4 is 0 Å². The highest BCUT2D eigenvalue weighted by Crippen LogP contribution is 2.42. The Labute approximate surface area is 62.8 Å². The Morgan fingerprint density at radius 3 is 2.60 bits per heavy atom. The first-order valence-corrected chi connectivity index (χ1v) is 4.45. The quantitative estimate of drug-likeness (QED) is 0.541. The standard InChI is InChI=1S/C9H16O/c1-7-4-5-10-6-9(7)8-2-3-8/h7-9H,2-6H2,1H3. The molecule has 1 heteroatoms. The molecule has 1 aliphatic carbocycles. The molecule has 0 aromatic carbocycles. The van der Waals surface area contributed by atoms with Gasteiger partial charge in [-0.15, -0.1) is 0 Å². The first kappa shape index (κ1) is 6.66. The monoisotopic (exact) mass is 140 g/mol. The molecule has 2 rings (SSSR count). The summed E-state index contributed by atoms with van der Waals surface area (Å²) in [6.45, 7) is 4.43. The minimum Gasteiger partial charge on any atom is -0.381 e. The van der Waals surface area contributed by atoms with Crippen LogP contribution >= 0.6 is 0 Å². The van der Waals surface area contributed by atoms with Crippen LogP contribution in [0.4, 0.5) is 0 Å². The predicted octanol–water partition coefficient (Wildman–Crippen LogP) is 2.07. The molecule has 0 aromatic rings. The summed E-state index contributed by atoms with van der Waals surface area (Å²) >= 11 is 0. The van der Waals surface area contributed by atoms with Crippen molar-refractivity contribution in [1.82, 2.24) is 0 Å². The maximum Gasteiger partial charge on any atom is 0.0499 e. The topological polar surface area (TPSA) is 9.23 Å². The highest BCUT2D eigenvalue weighted by molar-refractivity contribution is 4.85. The van der Waals surface area contributed by atoms with Crippen molar-refractivity contribution >= 4 is 0 Å². The van der Waals surface area contributed by atoms with E-state index in [2.05, 4.69) is 6.92 Å². The molecule has 1 saturated heterocycles. The molecule has 2 fully saturated rings. The van der Waals surface area contributed by atoms with Gasteiger partial charge in [0.1, 0.15) is 0 Å². The van der Waals surface area contributed by atoms with E-state index in [0.717, 1.165) is 31.0 Å². The van der Waals surface area contributed by atoms with E-state index in [9.17, 15) is 0 Å². The van der Waals surface area contributed by atoms with Crippen LogP contribution in [-0.2, 0) is 4.74 Å². The van der Waals surface area contributed by atoms with Gasteiger partial charge in [0.15, 0.2) is 0 Å². The molecule has 0 N–H and O–H groups in total. The lowest BCUT2D eigenvalue weighted by Crippen LogP contribution is -2.26. The van der Waals surface area contributed by atoms with E-state index in [1.165, 1.54) is 19.3 Å². The van der Waals surface area contributed by atoms with Gasteiger partial charge in [0.2, 0.25) is 0 Å². The number of hydrogen-bond acceptors (Lipinski definition) is 1. The molecule has 1 heterocycles. The van der Waals surface area contributed by atoms with Gasteiger partial charge in [0.25, 0.3) is 0 Å². The van der Waals surface area contributed by atoms with Crippen LogP contribution in [0.15, 0.2) is 0 Å². The Kier molecular flexibility index (Phi) is 1.69. The van der Waals surface area contributed by atoms with Gasteiger partial charge in [-0.3, -0.25) is 0 Å². The van der Waals surface area contributed by atoms with Crippen molar-refractivity contribution in [2.24, 2.45) is 17.8 Å². The van der Waals surface area contributed by atoms with E-state index < -0.39 is 0 Å². The Morgan fingerprint density at radius 2 is 2.00 bits per heavy atom. The second-order valence-corrected chi connectivity index (χ2v) is 3.84. The largest absolute Gasteiger partial charge is 0.381 e. The van der Waals surface area contributed by atoms with Gasteiger partial charge < -0.3 is 4.74 Å². The van der Waals surface area contributed by atoms with Gasteiger partial charge in [0, 0.05) is 13.2 Å². The van der Waals surface area contributed by atoms with Crippen molar-refractivity contribution in [3.63, 3.8) is 0 Å². The SMILES string of the molecule is CC1CCOCC1C1CC1. The summed E-state index contributed by atoms with van der Waals surface area (Å²) in [6, 6.07) is 0. The lowest BCUT2D eigenvalue weighted by Gasteiger charge is -2.28. The molecule has 2 aliphatic rings. The van der Waals surface area contributed by atoms with Gasteiger partial charge in [-0.1, -0.05) is 6.92 Å². The lowest BCUT2D eigenvalue weighted by atomic mass is 9.86. The highest BCUT2D eigenvalue weighted by atomic mass is 16.5. The van der Waals surface area contributed by atoms with Gasteiger partial charge in [-0.25, -0.2) is 0 Å². The highest BCUT2D eigenvalue weighted by Gasteiger charge is 2.36. The van der Waals surface area contributed by atoms with E-state index in [1.807, 2.05) is 0 Å². The normalized spacial score (nSPS) is 41.7. The zero-order chi connectivity index (χ0) is 6.97. The first-order chi connectivity index (χ1) is 4.88. The predicted molar refractivity (Wildman–Crippen MR) is 40.8 cm³/mol. The minimum atomic E-state index is 0.911. The molecule has 0 amide bonds. The molecule has 58 valence electrons. The number of ether oxygens (including phenoxy) is 1. The molecule has 0 aromatic heterocycles. The van der Waals surface area contributed by atoms with E-state index in [1.54, 1.807) is 0 Å². The third kappa shape index (κ3) is 1.20. The summed E-state index contributed by atoms with van der Waals surface area (Å²) in [5, 5.41) is 0. The first-order valence-electron chi connectivity index (χ1n) is 4.45. The maximum atomic E-state index is 5.45. The third-order valence-corrected chi connectivity index (χ3v) is 2.99. The van der Waals surface area contributed by atoms with Crippen molar-refractivity contribution in [1.29, 1.82) is 0 Å².